The number of benzene rings is 2. The number of thiophene rings is 3. The van der Waals surface area contributed by atoms with E-state index in [2.05, 4.69) is 0 Å². The highest BCUT2D eigenvalue weighted by Gasteiger charge is 2.33. The second-order valence-electron chi connectivity index (χ2n) is 8.90. The van der Waals surface area contributed by atoms with E-state index in [0.717, 1.165) is 19.5 Å². The van der Waals surface area contributed by atoms with Crippen molar-refractivity contribution in [3.05, 3.63) is 128 Å². The van der Waals surface area contributed by atoms with Gasteiger partial charge in [0, 0.05) is 51.5 Å². The lowest BCUT2D eigenvalue weighted by Gasteiger charge is -1.93. The third kappa shape index (κ3) is 3.94. The molecule has 7 rings (SSSR count). The average molecular weight is 563 g/mol. The van der Waals surface area contributed by atoms with E-state index in [1.165, 1.54) is 34.0 Å². The van der Waals surface area contributed by atoms with Crippen LogP contribution >= 0.6 is 34.0 Å². The summed E-state index contributed by atoms with van der Waals surface area (Å²) in [7, 11) is 0. The molecule has 0 amide bonds. The van der Waals surface area contributed by atoms with E-state index in [1.54, 1.807) is 60.7 Å². The fourth-order valence-corrected chi connectivity index (χ4v) is 7.66. The third-order valence-corrected chi connectivity index (χ3v) is 10.0. The quantitative estimate of drug-likeness (QED) is 0.164. The standard InChI is InChI=1S/C32H16O4S3/c33-29-19-5-1-2-6-20(19)30(34)23(29)15-17-9-11-25(37-17)27-13-14-28(39-27)26-12-10-18(38-26)16-24-31(35)21-7-3-4-8-22(21)32(24)36/h1-16H/i15D,16D. The van der Waals surface area contributed by atoms with Crippen molar-refractivity contribution in [2.45, 2.75) is 0 Å². The van der Waals surface area contributed by atoms with Gasteiger partial charge in [0.25, 0.3) is 0 Å². The van der Waals surface area contributed by atoms with Crippen LogP contribution < -0.4 is 0 Å². The Hall–Kier alpha value is -4.30. The molecule has 3 aromatic heterocycles. The summed E-state index contributed by atoms with van der Waals surface area (Å²) in [6.07, 6.45) is 0. The van der Waals surface area contributed by atoms with Gasteiger partial charge in [0.1, 0.15) is 0 Å². The van der Waals surface area contributed by atoms with E-state index in [4.69, 9.17) is 2.74 Å². The summed E-state index contributed by atoms with van der Waals surface area (Å²) >= 11 is 4.22. The molecule has 2 aromatic carbocycles. The molecule has 0 N–H and O–H groups in total. The van der Waals surface area contributed by atoms with Crippen LogP contribution in [0.1, 0.15) is 53.9 Å². The van der Waals surface area contributed by atoms with Gasteiger partial charge in [-0.1, -0.05) is 48.5 Å². The van der Waals surface area contributed by atoms with Crippen LogP contribution in [-0.2, 0) is 0 Å². The van der Waals surface area contributed by atoms with E-state index in [1.807, 2.05) is 24.3 Å². The first kappa shape index (κ1) is 21.6. The molecule has 0 unspecified atom stereocenters. The number of allylic oxidation sites excluding steroid dienone is 2. The zero-order valence-electron chi connectivity index (χ0n) is 21.9. The van der Waals surface area contributed by atoms with Gasteiger partial charge in [-0.25, -0.2) is 0 Å². The molecule has 5 aromatic rings. The number of Topliss-reactive ketones (excluding diaryl/α,β-unsaturated/α-hetero) is 4. The van der Waals surface area contributed by atoms with Crippen molar-refractivity contribution >= 4 is 69.2 Å². The van der Waals surface area contributed by atoms with Crippen LogP contribution in [0, 0.1) is 0 Å². The molecule has 0 atom stereocenters. The van der Waals surface area contributed by atoms with Crippen LogP contribution in [0.15, 0.2) is 96.1 Å². The molecule has 4 nitrogen and oxygen atoms in total. The van der Waals surface area contributed by atoms with Crippen molar-refractivity contribution < 1.29 is 21.9 Å². The molecule has 0 aliphatic heterocycles. The van der Waals surface area contributed by atoms with Gasteiger partial charge >= 0.3 is 0 Å². The van der Waals surface area contributed by atoms with E-state index >= 15 is 0 Å². The molecule has 0 bridgehead atoms. The van der Waals surface area contributed by atoms with Crippen molar-refractivity contribution in [1.29, 1.82) is 0 Å². The normalized spacial score (nSPS) is 15.0. The Morgan fingerprint density at radius 1 is 0.436 bits per heavy atom. The lowest BCUT2D eigenvalue weighted by molar-refractivity contribution is 0.0975. The van der Waals surface area contributed by atoms with Crippen LogP contribution in [-0.4, -0.2) is 23.1 Å². The maximum Gasteiger partial charge on any atom is 0.197 e. The second kappa shape index (κ2) is 9.17. The smallest absolute Gasteiger partial charge is 0.197 e. The first-order valence-corrected chi connectivity index (χ1v) is 14.4. The molecule has 39 heavy (non-hydrogen) atoms. The molecular weight excluding hydrogens is 545 g/mol. The van der Waals surface area contributed by atoms with Crippen molar-refractivity contribution in [3.63, 3.8) is 0 Å². The minimum atomic E-state index is -0.411. The van der Waals surface area contributed by atoms with Crippen molar-refractivity contribution in [2.24, 2.45) is 0 Å². The van der Waals surface area contributed by atoms with Gasteiger partial charge in [0.15, 0.2) is 23.1 Å². The van der Waals surface area contributed by atoms with Gasteiger partial charge in [-0.2, -0.15) is 0 Å². The number of ketones is 4. The highest BCUT2D eigenvalue weighted by molar-refractivity contribution is 7.26. The Morgan fingerprint density at radius 2 is 0.744 bits per heavy atom. The SMILES string of the molecule is [2H]C(=C1C(=O)c2ccccc2C1=O)c1ccc(-c2ccc(-c3ccc(C([2H])=C4C(=O)c5ccccc5C4=O)s3)s2)s1. The number of hydrogen-bond acceptors (Lipinski definition) is 7. The van der Waals surface area contributed by atoms with Crippen LogP contribution in [0.3, 0.4) is 0 Å². The third-order valence-electron chi connectivity index (χ3n) is 6.54. The zero-order chi connectivity index (χ0) is 28.4. The molecule has 0 radical (unpaired) electrons. The first-order valence-electron chi connectivity index (χ1n) is 12.9. The van der Waals surface area contributed by atoms with Gasteiger partial charge in [-0.3, -0.25) is 19.2 Å². The van der Waals surface area contributed by atoms with Crippen molar-refractivity contribution in [3.8, 4) is 19.5 Å². The monoisotopic (exact) mass is 562 g/mol. The van der Waals surface area contributed by atoms with E-state index in [-0.39, 0.29) is 23.3 Å². The molecule has 0 saturated carbocycles. The molecule has 186 valence electrons. The Labute approximate surface area is 238 Å². The lowest BCUT2D eigenvalue weighted by atomic mass is 10.1. The first-order chi connectivity index (χ1) is 19.8. The predicted molar refractivity (Wildman–Crippen MR) is 157 cm³/mol. The summed E-state index contributed by atoms with van der Waals surface area (Å²) in [4.78, 5) is 56.2. The van der Waals surface area contributed by atoms with Gasteiger partial charge in [0.2, 0.25) is 0 Å². The zero-order valence-corrected chi connectivity index (χ0v) is 22.4. The second-order valence-corrected chi connectivity index (χ2v) is 12.2. The molecule has 0 saturated heterocycles. The van der Waals surface area contributed by atoms with Gasteiger partial charge in [0.05, 0.1) is 13.9 Å². The van der Waals surface area contributed by atoms with Crippen LogP contribution in [0.25, 0.3) is 31.6 Å². The lowest BCUT2D eigenvalue weighted by Crippen LogP contribution is -1.99. The number of carbonyl (C=O) groups is 4. The Balaban J connectivity index is 1.16. The molecular formula is C32H16O4S3. The fraction of sp³-hybridized carbons (Fsp3) is 0. The maximum atomic E-state index is 12.8. The van der Waals surface area contributed by atoms with Crippen LogP contribution in [0.5, 0.6) is 0 Å². The minimum Gasteiger partial charge on any atom is -0.288 e. The number of rotatable bonds is 4. The van der Waals surface area contributed by atoms with E-state index in [9.17, 15) is 19.2 Å². The summed E-state index contributed by atoms with van der Waals surface area (Å²) in [5, 5.41) is 0. The van der Waals surface area contributed by atoms with Gasteiger partial charge in [-0.05, 0) is 48.5 Å². The van der Waals surface area contributed by atoms with Crippen LogP contribution in [0.2, 0.25) is 0 Å². The summed E-state index contributed by atoms with van der Waals surface area (Å²) in [6.45, 7) is 0. The Kier molecular flexibility index (Phi) is 5.08. The van der Waals surface area contributed by atoms with Gasteiger partial charge in [-0.15, -0.1) is 34.0 Å². The number of carbonyl (C=O) groups excluding carboxylic acids is 4. The minimum absolute atomic E-state index is 0.0682. The van der Waals surface area contributed by atoms with Crippen molar-refractivity contribution in [1.82, 2.24) is 0 Å². The molecule has 0 fully saturated rings. The largest absolute Gasteiger partial charge is 0.288 e. The summed E-state index contributed by atoms with van der Waals surface area (Å²) < 4.78 is 17.3. The molecule has 2 aliphatic rings. The average Bonchev–Trinajstić information content (AvgIpc) is 3.81. The maximum absolute atomic E-state index is 12.8. The molecule has 7 heteroatoms. The highest BCUT2D eigenvalue weighted by atomic mass is 32.1. The highest BCUT2D eigenvalue weighted by Crippen LogP contribution is 2.41. The van der Waals surface area contributed by atoms with Crippen LogP contribution in [0.4, 0.5) is 0 Å². The molecule has 3 heterocycles. The molecule has 0 spiro atoms. The number of fused-ring (bicyclic) bond motifs is 2. The predicted octanol–water partition coefficient (Wildman–Crippen LogP) is 8.13. The summed E-state index contributed by atoms with van der Waals surface area (Å²) in [6, 6.07) is 24.3. The fourth-order valence-electron chi connectivity index (χ4n) is 4.65. The van der Waals surface area contributed by atoms with E-state index < -0.39 is 23.1 Å². The topological polar surface area (TPSA) is 68.3 Å². The number of hydrogen-bond donors (Lipinski definition) is 0. The van der Waals surface area contributed by atoms with Crippen molar-refractivity contribution in [2.75, 3.05) is 0 Å². The summed E-state index contributed by atoms with van der Waals surface area (Å²) in [5.74, 6) is -1.64. The van der Waals surface area contributed by atoms with Gasteiger partial charge < -0.3 is 0 Å². The van der Waals surface area contributed by atoms with E-state index in [0.29, 0.717) is 32.0 Å². The Bertz CT molecular complexity index is 1830. The molecule has 2 aliphatic carbocycles. The summed E-state index contributed by atoms with van der Waals surface area (Å²) in [5.41, 5.74) is 1.16. The Morgan fingerprint density at radius 3 is 1.10 bits per heavy atom.